The first-order chi connectivity index (χ1) is 11.2. The first-order valence-corrected chi connectivity index (χ1v) is 7.23. The molecule has 4 rings (SSSR count). The Morgan fingerprint density at radius 3 is 2.83 bits per heavy atom. The van der Waals surface area contributed by atoms with Crippen LogP contribution in [0, 0.1) is 12.7 Å². The van der Waals surface area contributed by atoms with Crippen molar-refractivity contribution in [3.63, 3.8) is 0 Å². The maximum absolute atomic E-state index is 14.3. The van der Waals surface area contributed by atoms with E-state index in [0.29, 0.717) is 11.3 Å². The van der Waals surface area contributed by atoms with Gasteiger partial charge in [0.1, 0.15) is 5.82 Å². The second-order valence-electron chi connectivity index (χ2n) is 5.41. The molecule has 3 aromatic heterocycles. The molecule has 0 saturated carbocycles. The zero-order valence-electron chi connectivity index (χ0n) is 12.4. The van der Waals surface area contributed by atoms with E-state index >= 15 is 0 Å². The summed E-state index contributed by atoms with van der Waals surface area (Å²) in [5.74, 6) is -0.284. The van der Waals surface area contributed by atoms with Crippen LogP contribution in [0.4, 0.5) is 4.39 Å². The van der Waals surface area contributed by atoms with Crippen LogP contribution in [0.5, 0.6) is 0 Å². The van der Waals surface area contributed by atoms with E-state index in [2.05, 4.69) is 20.2 Å². The van der Waals surface area contributed by atoms with E-state index in [1.54, 1.807) is 24.7 Å². The predicted octanol–water partition coefficient (Wildman–Crippen LogP) is 4.13. The summed E-state index contributed by atoms with van der Waals surface area (Å²) in [5, 5.41) is 7.71. The third-order valence-corrected chi connectivity index (χ3v) is 3.79. The highest BCUT2D eigenvalue weighted by Gasteiger charge is 2.13. The second-order valence-corrected chi connectivity index (χ2v) is 5.41. The molecule has 0 saturated heterocycles. The van der Waals surface area contributed by atoms with E-state index < -0.39 is 0 Å². The Bertz CT molecular complexity index is 1010. The van der Waals surface area contributed by atoms with Crippen molar-refractivity contribution in [2.24, 2.45) is 0 Å². The molecular weight excluding hydrogens is 291 g/mol. The Morgan fingerprint density at radius 2 is 1.91 bits per heavy atom. The predicted molar refractivity (Wildman–Crippen MR) is 87.3 cm³/mol. The Hall–Kier alpha value is -3.08. The van der Waals surface area contributed by atoms with Crippen LogP contribution < -0.4 is 0 Å². The lowest BCUT2D eigenvalue weighted by Crippen LogP contribution is -1.93. The number of aryl methyl sites for hydroxylation is 1. The topological polar surface area (TPSA) is 54.5 Å². The average Bonchev–Trinajstić information content (AvgIpc) is 3.05. The molecule has 5 heteroatoms. The van der Waals surface area contributed by atoms with Gasteiger partial charge in [0, 0.05) is 34.5 Å². The van der Waals surface area contributed by atoms with Gasteiger partial charge in [0.25, 0.3) is 0 Å². The Labute approximate surface area is 132 Å². The maximum atomic E-state index is 14.3. The molecule has 0 radical (unpaired) electrons. The lowest BCUT2D eigenvalue weighted by molar-refractivity contribution is 0.630. The highest BCUT2D eigenvalue weighted by atomic mass is 19.1. The smallest absolute Gasteiger partial charge is 0.155 e. The molecule has 0 aliphatic carbocycles. The van der Waals surface area contributed by atoms with Crippen molar-refractivity contribution < 1.29 is 4.39 Å². The number of halogens is 1. The lowest BCUT2D eigenvalue weighted by Gasteiger charge is -2.10. The van der Waals surface area contributed by atoms with Crippen LogP contribution in [0.15, 0.2) is 55.0 Å². The van der Waals surface area contributed by atoms with Gasteiger partial charge in [0.2, 0.25) is 0 Å². The van der Waals surface area contributed by atoms with Crippen molar-refractivity contribution in [1.29, 1.82) is 0 Å². The SMILES string of the molecule is Cc1ccc(F)c(-c2ncccc2-c2cnc3[nH]ncc3c2)c1. The summed E-state index contributed by atoms with van der Waals surface area (Å²) in [6, 6.07) is 10.8. The normalized spacial score (nSPS) is 11.0. The number of fused-ring (bicyclic) bond motifs is 1. The number of H-pyrrole nitrogens is 1. The van der Waals surface area contributed by atoms with Gasteiger partial charge in [-0.15, -0.1) is 0 Å². The van der Waals surface area contributed by atoms with Gasteiger partial charge >= 0.3 is 0 Å². The van der Waals surface area contributed by atoms with E-state index in [-0.39, 0.29) is 5.82 Å². The van der Waals surface area contributed by atoms with E-state index in [1.807, 2.05) is 31.2 Å². The maximum Gasteiger partial charge on any atom is 0.155 e. The second kappa shape index (κ2) is 5.28. The monoisotopic (exact) mass is 304 g/mol. The number of pyridine rings is 2. The summed E-state index contributed by atoms with van der Waals surface area (Å²) in [4.78, 5) is 8.76. The van der Waals surface area contributed by atoms with Crippen molar-refractivity contribution in [2.75, 3.05) is 0 Å². The Kier molecular flexibility index (Phi) is 3.12. The summed E-state index contributed by atoms with van der Waals surface area (Å²) in [6.45, 7) is 1.94. The number of rotatable bonds is 2. The minimum absolute atomic E-state index is 0.284. The van der Waals surface area contributed by atoms with Crippen molar-refractivity contribution >= 4 is 11.0 Å². The Morgan fingerprint density at radius 1 is 1.00 bits per heavy atom. The quantitative estimate of drug-likeness (QED) is 0.605. The summed E-state index contributed by atoms with van der Waals surface area (Å²) in [5.41, 5.74) is 4.53. The average molecular weight is 304 g/mol. The highest BCUT2D eigenvalue weighted by Crippen LogP contribution is 2.32. The fourth-order valence-electron chi connectivity index (χ4n) is 2.66. The van der Waals surface area contributed by atoms with Crippen LogP contribution >= 0.6 is 0 Å². The summed E-state index contributed by atoms with van der Waals surface area (Å²) < 4.78 is 14.3. The van der Waals surface area contributed by atoms with Crippen molar-refractivity contribution in [2.45, 2.75) is 6.92 Å². The zero-order chi connectivity index (χ0) is 15.8. The van der Waals surface area contributed by atoms with Gasteiger partial charge < -0.3 is 0 Å². The van der Waals surface area contributed by atoms with Gasteiger partial charge in [-0.3, -0.25) is 10.1 Å². The molecule has 0 bridgehead atoms. The molecule has 23 heavy (non-hydrogen) atoms. The Balaban J connectivity index is 1.94. The molecule has 1 N–H and O–H groups in total. The van der Waals surface area contributed by atoms with Gasteiger partial charge in [-0.2, -0.15) is 5.10 Å². The van der Waals surface area contributed by atoms with Gasteiger partial charge in [0.15, 0.2) is 5.65 Å². The molecule has 0 unspecified atom stereocenters. The minimum atomic E-state index is -0.284. The fourth-order valence-corrected chi connectivity index (χ4v) is 2.66. The first kappa shape index (κ1) is 13.6. The molecule has 0 aliphatic rings. The number of nitrogens with zero attached hydrogens (tertiary/aromatic N) is 3. The zero-order valence-corrected chi connectivity index (χ0v) is 12.4. The molecular formula is C18H13FN4. The van der Waals surface area contributed by atoms with Crippen LogP contribution in [-0.4, -0.2) is 20.2 Å². The van der Waals surface area contributed by atoms with Crippen molar-refractivity contribution in [1.82, 2.24) is 20.2 Å². The molecule has 0 fully saturated rings. The molecule has 4 nitrogen and oxygen atoms in total. The van der Waals surface area contributed by atoms with Gasteiger partial charge in [-0.25, -0.2) is 9.37 Å². The van der Waals surface area contributed by atoms with E-state index in [4.69, 9.17) is 0 Å². The van der Waals surface area contributed by atoms with E-state index in [0.717, 1.165) is 27.7 Å². The van der Waals surface area contributed by atoms with Crippen LogP contribution in [0.1, 0.15) is 5.56 Å². The van der Waals surface area contributed by atoms with Crippen LogP contribution in [0.3, 0.4) is 0 Å². The van der Waals surface area contributed by atoms with Crippen LogP contribution in [-0.2, 0) is 0 Å². The third kappa shape index (κ3) is 2.36. The lowest BCUT2D eigenvalue weighted by atomic mass is 9.98. The van der Waals surface area contributed by atoms with Crippen molar-refractivity contribution in [3.8, 4) is 22.4 Å². The number of aromatic amines is 1. The van der Waals surface area contributed by atoms with Crippen LogP contribution in [0.25, 0.3) is 33.4 Å². The number of hydrogen-bond donors (Lipinski definition) is 1. The first-order valence-electron chi connectivity index (χ1n) is 7.23. The minimum Gasteiger partial charge on any atom is -0.261 e. The molecule has 1 aromatic carbocycles. The number of nitrogens with one attached hydrogen (secondary N) is 1. The number of aromatic nitrogens is 4. The fraction of sp³-hybridized carbons (Fsp3) is 0.0556. The molecule has 0 spiro atoms. The number of hydrogen-bond acceptors (Lipinski definition) is 3. The van der Waals surface area contributed by atoms with Gasteiger partial charge in [-0.1, -0.05) is 17.7 Å². The van der Waals surface area contributed by atoms with Crippen LogP contribution in [0.2, 0.25) is 0 Å². The molecule has 0 atom stereocenters. The van der Waals surface area contributed by atoms with E-state index in [1.165, 1.54) is 6.07 Å². The molecule has 112 valence electrons. The summed E-state index contributed by atoms with van der Waals surface area (Å²) >= 11 is 0. The largest absolute Gasteiger partial charge is 0.261 e. The van der Waals surface area contributed by atoms with E-state index in [9.17, 15) is 4.39 Å². The molecule has 0 amide bonds. The molecule has 0 aliphatic heterocycles. The molecule has 3 heterocycles. The number of benzene rings is 1. The summed E-state index contributed by atoms with van der Waals surface area (Å²) in [7, 11) is 0. The van der Waals surface area contributed by atoms with Gasteiger partial charge in [0.05, 0.1) is 11.9 Å². The standard InChI is InChI=1S/C18H13FN4/c1-11-4-5-16(19)15(7-11)17-14(3-2-6-20-17)12-8-13-10-22-23-18(13)21-9-12/h2-10H,1H3,(H,21,22,23). The third-order valence-electron chi connectivity index (χ3n) is 3.79. The van der Waals surface area contributed by atoms with Gasteiger partial charge in [-0.05, 0) is 31.2 Å². The highest BCUT2D eigenvalue weighted by molar-refractivity contribution is 5.86. The summed E-state index contributed by atoms with van der Waals surface area (Å²) in [6.07, 6.45) is 5.13. The molecule has 4 aromatic rings. The van der Waals surface area contributed by atoms with Crippen molar-refractivity contribution in [3.05, 3.63) is 66.4 Å².